The van der Waals surface area contributed by atoms with Crippen LogP contribution < -0.4 is 5.32 Å². The quantitative estimate of drug-likeness (QED) is 0.900. The minimum Gasteiger partial charge on any atom is -0.351 e. The van der Waals surface area contributed by atoms with E-state index in [9.17, 15) is 9.18 Å². The standard InChI is InChI=1S/C15H19FN2O/c1-18-11-7-12(13(16)8-11)14(18)15(19)17-9-10-5-3-2-4-6-10/h2-6,11-14H,7-9H2,1H3,(H,17,19)/t11?,12?,13-,14-/m0/s1. The van der Waals surface area contributed by atoms with Crippen LogP contribution in [0.25, 0.3) is 0 Å². The number of carbonyl (C=O) groups is 1. The maximum absolute atomic E-state index is 13.8. The summed E-state index contributed by atoms with van der Waals surface area (Å²) in [7, 11) is 1.93. The number of halogens is 1. The molecule has 1 amide bonds. The van der Waals surface area contributed by atoms with E-state index in [1.54, 1.807) is 0 Å². The van der Waals surface area contributed by atoms with Crippen molar-refractivity contribution in [3.05, 3.63) is 35.9 Å². The molecule has 1 N–H and O–H groups in total. The van der Waals surface area contributed by atoms with Gasteiger partial charge in [-0.05, 0) is 25.5 Å². The van der Waals surface area contributed by atoms with Crippen LogP contribution in [0.5, 0.6) is 0 Å². The van der Waals surface area contributed by atoms with Crippen LogP contribution in [0.3, 0.4) is 0 Å². The van der Waals surface area contributed by atoms with Crippen molar-refractivity contribution in [2.75, 3.05) is 7.05 Å². The summed E-state index contributed by atoms with van der Waals surface area (Å²) in [5, 5.41) is 2.93. The number of hydrogen-bond donors (Lipinski definition) is 1. The average molecular weight is 262 g/mol. The average Bonchev–Trinajstić information content (AvgIpc) is 2.94. The van der Waals surface area contributed by atoms with Gasteiger partial charge in [0, 0.05) is 18.5 Å². The molecule has 1 saturated heterocycles. The number of alkyl halides is 1. The molecule has 1 aliphatic carbocycles. The molecule has 1 saturated carbocycles. The Morgan fingerprint density at radius 2 is 2.11 bits per heavy atom. The van der Waals surface area contributed by atoms with E-state index in [0.29, 0.717) is 13.0 Å². The first kappa shape index (κ1) is 12.6. The molecule has 102 valence electrons. The number of carbonyl (C=O) groups excluding carboxylic acids is 1. The zero-order chi connectivity index (χ0) is 13.4. The molecule has 1 aliphatic heterocycles. The second-order valence-electron chi connectivity index (χ2n) is 5.62. The molecule has 0 aromatic heterocycles. The van der Waals surface area contributed by atoms with Gasteiger partial charge < -0.3 is 5.32 Å². The summed E-state index contributed by atoms with van der Waals surface area (Å²) in [6.07, 6.45) is 0.596. The zero-order valence-corrected chi connectivity index (χ0v) is 11.1. The van der Waals surface area contributed by atoms with Crippen molar-refractivity contribution >= 4 is 5.91 Å². The van der Waals surface area contributed by atoms with E-state index >= 15 is 0 Å². The molecule has 0 radical (unpaired) electrons. The van der Waals surface area contributed by atoms with Crippen molar-refractivity contribution < 1.29 is 9.18 Å². The molecule has 2 fully saturated rings. The minimum absolute atomic E-state index is 0.0406. The Kier molecular flexibility index (Phi) is 3.27. The summed E-state index contributed by atoms with van der Waals surface area (Å²) in [6.45, 7) is 0.512. The van der Waals surface area contributed by atoms with Crippen LogP contribution in [-0.2, 0) is 11.3 Å². The first-order chi connectivity index (χ1) is 9.16. The summed E-state index contributed by atoms with van der Waals surface area (Å²) < 4.78 is 13.8. The highest BCUT2D eigenvalue weighted by Crippen LogP contribution is 2.43. The van der Waals surface area contributed by atoms with Crippen LogP contribution in [0, 0.1) is 5.92 Å². The molecule has 3 rings (SSSR count). The normalized spacial score (nSPS) is 33.6. The van der Waals surface area contributed by atoms with Gasteiger partial charge in [0.15, 0.2) is 0 Å². The lowest BCUT2D eigenvalue weighted by Crippen LogP contribution is -2.51. The molecule has 1 heterocycles. The lowest BCUT2D eigenvalue weighted by molar-refractivity contribution is -0.128. The van der Waals surface area contributed by atoms with E-state index in [1.807, 2.05) is 42.3 Å². The van der Waals surface area contributed by atoms with Gasteiger partial charge in [-0.3, -0.25) is 9.69 Å². The van der Waals surface area contributed by atoms with Crippen molar-refractivity contribution in [1.29, 1.82) is 0 Å². The van der Waals surface area contributed by atoms with Crippen molar-refractivity contribution in [2.24, 2.45) is 5.92 Å². The van der Waals surface area contributed by atoms with Gasteiger partial charge in [-0.2, -0.15) is 0 Å². The smallest absolute Gasteiger partial charge is 0.238 e. The van der Waals surface area contributed by atoms with Gasteiger partial charge in [-0.1, -0.05) is 30.3 Å². The Balaban J connectivity index is 1.62. The van der Waals surface area contributed by atoms with Crippen molar-refractivity contribution in [2.45, 2.75) is 37.6 Å². The molecule has 4 heteroatoms. The van der Waals surface area contributed by atoms with E-state index in [-0.39, 0.29) is 23.9 Å². The number of likely N-dealkylation sites (N-methyl/N-ethyl adjacent to an activating group) is 1. The van der Waals surface area contributed by atoms with Crippen LogP contribution in [0.2, 0.25) is 0 Å². The van der Waals surface area contributed by atoms with Crippen molar-refractivity contribution in [1.82, 2.24) is 10.2 Å². The summed E-state index contributed by atoms with van der Waals surface area (Å²) in [6, 6.07) is 9.74. The molecule has 0 spiro atoms. The van der Waals surface area contributed by atoms with E-state index < -0.39 is 6.17 Å². The van der Waals surface area contributed by atoms with E-state index in [1.165, 1.54) is 0 Å². The number of benzene rings is 1. The summed E-state index contributed by atoms with van der Waals surface area (Å²) in [5.74, 6) is -0.160. The SMILES string of the molecule is CN1C2CC([C@H]1C(=O)NCc1ccccc1)[C@@H](F)C2. The molecule has 3 nitrogen and oxygen atoms in total. The third-order valence-corrected chi connectivity index (χ3v) is 4.50. The Bertz CT molecular complexity index is 464. The molecular formula is C15H19FN2O. The Morgan fingerprint density at radius 3 is 2.79 bits per heavy atom. The number of amides is 1. The Morgan fingerprint density at radius 1 is 1.37 bits per heavy atom. The largest absolute Gasteiger partial charge is 0.351 e. The fourth-order valence-corrected chi connectivity index (χ4v) is 3.45. The van der Waals surface area contributed by atoms with Crippen LogP contribution in [-0.4, -0.2) is 36.1 Å². The number of hydrogen-bond acceptors (Lipinski definition) is 2. The number of piperidine rings is 1. The minimum atomic E-state index is -0.811. The fourth-order valence-electron chi connectivity index (χ4n) is 3.45. The molecule has 19 heavy (non-hydrogen) atoms. The predicted octanol–water partition coefficient (Wildman–Crippen LogP) is 1.73. The third kappa shape index (κ3) is 2.25. The third-order valence-electron chi connectivity index (χ3n) is 4.50. The highest BCUT2D eigenvalue weighted by molar-refractivity contribution is 5.82. The van der Waals surface area contributed by atoms with Crippen molar-refractivity contribution in [3.8, 4) is 0 Å². The Labute approximate surface area is 112 Å². The monoisotopic (exact) mass is 262 g/mol. The van der Waals surface area contributed by atoms with Gasteiger partial charge in [-0.25, -0.2) is 4.39 Å². The van der Waals surface area contributed by atoms with E-state index in [4.69, 9.17) is 0 Å². The fraction of sp³-hybridized carbons (Fsp3) is 0.533. The number of rotatable bonds is 3. The number of nitrogens with one attached hydrogen (secondary N) is 1. The van der Waals surface area contributed by atoms with Gasteiger partial charge in [0.25, 0.3) is 0 Å². The highest BCUT2D eigenvalue weighted by Gasteiger charge is 2.52. The van der Waals surface area contributed by atoms with Crippen LogP contribution in [0.1, 0.15) is 18.4 Å². The summed E-state index contributed by atoms with van der Waals surface area (Å²) >= 11 is 0. The predicted molar refractivity (Wildman–Crippen MR) is 71.2 cm³/mol. The van der Waals surface area contributed by atoms with Crippen LogP contribution in [0.4, 0.5) is 4.39 Å². The lowest BCUT2D eigenvalue weighted by atomic mass is 9.96. The molecule has 1 aromatic rings. The number of likely N-dealkylation sites (tertiary alicyclic amines) is 1. The van der Waals surface area contributed by atoms with Gasteiger partial charge in [0.2, 0.25) is 5.91 Å². The van der Waals surface area contributed by atoms with Gasteiger partial charge >= 0.3 is 0 Å². The van der Waals surface area contributed by atoms with Crippen LogP contribution in [0.15, 0.2) is 30.3 Å². The Hall–Kier alpha value is -1.42. The maximum Gasteiger partial charge on any atom is 0.238 e. The van der Waals surface area contributed by atoms with Crippen molar-refractivity contribution in [3.63, 3.8) is 0 Å². The second-order valence-corrected chi connectivity index (χ2v) is 5.62. The topological polar surface area (TPSA) is 32.3 Å². The molecule has 2 bridgehead atoms. The first-order valence-electron chi connectivity index (χ1n) is 6.84. The summed E-state index contributed by atoms with van der Waals surface area (Å²) in [5.41, 5.74) is 1.07. The van der Waals surface area contributed by atoms with E-state index in [2.05, 4.69) is 5.32 Å². The first-order valence-corrected chi connectivity index (χ1v) is 6.84. The second kappa shape index (κ2) is 4.93. The van der Waals surface area contributed by atoms with Gasteiger partial charge in [-0.15, -0.1) is 0 Å². The van der Waals surface area contributed by atoms with Crippen LogP contribution >= 0.6 is 0 Å². The highest BCUT2D eigenvalue weighted by atomic mass is 19.1. The zero-order valence-electron chi connectivity index (χ0n) is 11.1. The number of nitrogens with zero attached hydrogens (tertiary/aromatic N) is 1. The number of fused-ring (bicyclic) bond motifs is 2. The molecular weight excluding hydrogens is 243 g/mol. The van der Waals surface area contributed by atoms with Gasteiger partial charge in [0.1, 0.15) is 6.17 Å². The lowest BCUT2D eigenvalue weighted by Gasteiger charge is -2.32. The molecule has 2 unspecified atom stereocenters. The molecule has 1 aromatic carbocycles. The summed E-state index contributed by atoms with van der Waals surface area (Å²) in [4.78, 5) is 14.3. The van der Waals surface area contributed by atoms with Gasteiger partial charge in [0.05, 0.1) is 6.04 Å². The maximum atomic E-state index is 13.8. The van der Waals surface area contributed by atoms with E-state index in [0.717, 1.165) is 12.0 Å². The molecule has 2 aliphatic rings. The molecule has 4 atom stereocenters.